The van der Waals surface area contributed by atoms with E-state index in [4.69, 9.17) is 33.8 Å². The van der Waals surface area contributed by atoms with Crippen molar-refractivity contribution in [3.05, 3.63) is 29.8 Å². The smallest absolute Gasteiger partial charge is 0.322 e. The third-order valence-corrected chi connectivity index (χ3v) is 12.0. The summed E-state index contributed by atoms with van der Waals surface area (Å²) in [4.78, 5) is 143. The van der Waals surface area contributed by atoms with Crippen molar-refractivity contribution >= 4 is 71.1 Å². The number of phenolic OH excluding ortho intramolecular Hbond substituents is 1. The Morgan fingerprint density at radius 1 is 0.623 bits per heavy atom. The van der Waals surface area contributed by atoms with Crippen molar-refractivity contribution in [2.24, 2.45) is 56.4 Å². The number of likely N-dealkylation sites (tertiary alicyclic amines) is 1. The number of carbonyl (C=O) groups is 10. The van der Waals surface area contributed by atoms with Crippen LogP contribution in [0.3, 0.4) is 0 Å². The van der Waals surface area contributed by atoms with Crippen molar-refractivity contribution in [3.8, 4) is 5.75 Å². The van der Waals surface area contributed by atoms with Gasteiger partial charge in [0.1, 0.15) is 54.6 Å². The first-order valence-corrected chi connectivity index (χ1v) is 25.7. The van der Waals surface area contributed by atoms with Gasteiger partial charge in [0.05, 0.1) is 13.1 Å². The second kappa shape index (κ2) is 33.3. The van der Waals surface area contributed by atoms with Gasteiger partial charge in [0.15, 0.2) is 11.9 Å². The molecule has 7 atom stereocenters. The van der Waals surface area contributed by atoms with Crippen LogP contribution in [0.15, 0.2) is 34.3 Å². The van der Waals surface area contributed by atoms with Gasteiger partial charge in [-0.25, -0.2) is 0 Å². The van der Waals surface area contributed by atoms with E-state index in [9.17, 15) is 53.1 Å². The first-order valence-electron chi connectivity index (χ1n) is 25.7. The van der Waals surface area contributed by atoms with Crippen LogP contribution in [0.4, 0.5) is 0 Å². The zero-order valence-corrected chi connectivity index (χ0v) is 44.9. The molecule has 0 saturated carbocycles. The van der Waals surface area contributed by atoms with E-state index in [2.05, 4.69) is 52.5 Å². The van der Waals surface area contributed by atoms with E-state index in [1.54, 1.807) is 26.0 Å². The van der Waals surface area contributed by atoms with Crippen LogP contribution in [0.5, 0.6) is 5.75 Å². The third-order valence-electron chi connectivity index (χ3n) is 12.0. The summed E-state index contributed by atoms with van der Waals surface area (Å²) in [6, 6.07) is -2.78. The van der Waals surface area contributed by atoms with Crippen molar-refractivity contribution in [2.75, 3.05) is 39.3 Å². The van der Waals surface area contributed by atoms with Crippen LogP contribution < -0.4 is 71.2 Å². The Labute approximate surface area is 448 Å². The Balaban J connectivity index is 2.44. The van der Waals surface area contributed by atoms with Crippen molar-refractivity contribution < 1.29 is 58.2 Å². The molecule has 9 amide bonds. The van der Waals surface area contributed by atoms with E-state index in [-0.39, 0.29) is 107 Å². The molecule has 0 aromatic heterocycles. The molecular weight excluding hydrogens is 1000 g/mol. The number of aliphatic carboxylic acids is 1. The molecule has 1 aliphatic rings. The van der Waals surface area contributed by atoms with Gasteiger partial charge in [0.25, 0.3) is 0 Å². The number of hydrogen-bond donors (Lipinski definition) is 15. The Morgan fingerprint density at radius 3 is 1.66 bits per heavy atom. The fraction of sp³-hybridized carbons (Fsp3) is 0.633. The molecule has 0 radical (unpaired) electrons. The van der Waals surface area contributed by atoms with Crippen molar-refractivity contribution in [3.63, 3.8) is 0 Å². The van der Waals surface area contributed by atoms with Gasteiger partial charge in [-0.3, -0.25) is 57.9 Å². The summed E-state index contributed by atoms with van der Waals surface area (Å²) in [5.41, 5.74) is 27.6. The molecule has 0 spiro atoms. The maximum atomic E-state index is 14.6. The first kappa shape index (κ1) is 65.3. The highest BCUT2D eigenvalue weighted by Gasteiger charge is 2.40. The average Bonchev–Trinajstić information content (AvgIpc) is 3.85. The monoisotopic (exact) mass is 1090 g/mol. The Hall–Kier alpha value is -7.78. The normalized spacial score (nSPS) is 15.4. The van der Waals surface area contributed by atoms with E-state index in [1.165, 1.54) is 17.0 Å². The van der Waals surface area contributed by atoms with Crippen molar-refractivity contribution in [1.29, 1.82) is 0 Å². The molecule has 28 nitrogen and oxygen atoms in total. The lowest BCUT2D eigenvalue weighted by Gasteiger charge is -2.32. The number of carbonyl (C=O) groups excluding carboxylic acids is 9. The molecule has 1 heterocycles. The van der Waals surface area contributed by atoms with Crippen LogP contribution in [0, 0.1) is 17.8 Å². The minimum Gasteiger partial charge on any atom is -0.508 e. The highest BCUT2D eigenvalue weighted by Crippen LogP contribution is 2.22. The SMILES string of the molecule is CC(C)C[C@H](NC(=O)[C@H](Cc1ccc(O)cc1)NC(=O)[C@@H](NC(=O)CNC(=O)CN)C(C)C)C(=O)N[C@@H](CC(C)C)C(=O)N1CCC[C@H]1C(=O)N[C@@H](CCCN=C(N)N)C(=O)N[C@@H](CCCN=C(N)N)C(=O)NCC(=O)O. The van der Waals surface area contributed by atoms with Gasteiger partial charge in [-0.1, -0.05) is 53.7 Å². The quantitative estimate of drug-likeness (QED) is 0.0181. The van der Waals surface area contributed by atoms with Crippen LogP contribution in [-0.4, -0.2) is 168 Å². The van der Waals surface area contributed by atoms with E-state index in [0.29, 0.717) is 12.0 Å². The summed E-state index contributed by atoms with van der Waals surface area (Å²) in [5, 5.41) is 39.8. The largest absolute Gasteiger partial charge is 0.508 e. The number of guanidine groups is 2. The van der Waals surface area contributed by atoms with E-state index < -0.39 is 120 Å². The summed E-state index contributed by atoms with van der Waals surface area (Å²) in [5.74, 6) is -9.12. The van der Waals surface area contributed by atoms with E-state index in [0.717, 1.165) is 0 Å². The third kappa shape index (κ3) is 24.6. The molecular formula is C49H82N16O12. The van der Waals surface area contributed by atoms with Gasteiger partial charge in [-0.05, 0) is 86.8 Å². The van der Waals surface area contributed by atoms with Crippen LogP contribution in [0.25, 0.3) is 0 Å². The van der Waals surface area contributed by atoms with Crippen LogP contribution in [0.1, 0.15) is 98.5 Å². The molecule has 1 aromatic rings. The number of aromatic hydroxyl groups is 1. The Bertz CT molecular complexity index is 2230. The fourth-order valence-corrected chi connectivity index (χ4v) is 8.16. The van der Waals surface area contributed by atoms with Gasteiger partial charge in [0.2, 0.25) is 53.2 Å². The summed E-state index contributed by atoms with van der Waals surface area (Å²) >= 11 is 0. The van der Waals surface area contributed by atoms with Crippen LogP contribution in [0.2, 0.25) is 0 Å². The average molecular weight is 1090 g/mol. The molecule has 28 heteroatoms. The number of aliphatic imine (C=N–C) groups is 2. The molecule has 0 bridgehead atoms. The maximum absolute atomic E-state index is 14.6. The van der Waals surface area contributed by atoms with Crippen LogP contribution >= 0.6 is 0 Å². The summed E-state index contributed by atoms with van der Waals surface area (Å²) in [6.07, 6.45) is 0.958. The number of carboxylic acids is 1. The van der Waals surface area contributed by atoms with Gasteiger partial charge in [-0.2, -0.15) is 0 Å². The lowest BCUT2D eigenvalue weighted by molar-refractivity contribution is -0.143. The number of hydrogen-bond acceptors (Lipinski definition) is 14. The van der Waals surface area contributed by atoms with Gasteiger partial charge in [-0.15, -0.1) is 0 Å². The number of nitrogens with two attached hydrogens (primary N) is 5. The number of carboxylic acid groups (broad SMARTS) is 1. The zero-order valence-electron chi connectivity index (χ0n) is 44.9. The first-order chi connectivity index (χ1) is 36.2. The number of nitrogens with zero attached hydrogens (tertiary/aromatic N) is 3. The number of phenols is 1. The molecule has 2 rings (SSSR count). The molecule has 0 aliphatic carbocycles. The zero-order chi connectivity index (χ0) is 57.9. The van der Waals surface area contributed by atoms with E-state index >= 15 is 0 Å². The summed E-state index contributed by atoms with van der Waals surface area (Å²) in [7, 11) is 0. The van der Waals surface area contributed by atoms with Gasteiger partial charge >= 0.3 is 5.97 Å². The Kier molecular flexibility index (Phi) is 28.3. The summed E-state index contributed by atoms with van der Waals surface area (Å²) < 4.78 is 0. The lowest BCUT2D eigenvalue weighted by Crippen LogP contribution is -2.60. The fourth-order valence-electron chi connectivity index (χ4n) is 8.16. The highest BCUT2D eigenvalue weighted by atomic mass is 16.4. The van der Waals surface area contributed by atoms with Gasteiger partial charge < -0.3 is 86.3 Å². The number of nitrogens with one attached hydrogen (secondary N) is 8. The molecule has 0 unspecified atom stereocenters. The molecule has 430 valence electrons. The van der Waals surface area contributed by atoms with Gasteiger partial charge in [0, 0.05) is 26.1 Å². The molecule has 1 saturated heterocycles. The molecule has 1 fully saturated rings. The van der Waals surface area contributed by atoms with Crippen LogP contribution in [-0.2, 0) is 54.4 Å². The lowest BCUT2D eigenvalue weighted by atomic mass is 9.98. The Morgan fingerprint density at radius 2 is 1.13 bits per heavy atom. The minimum absolute atomic E-state index is 0.0188. The predicted octanol–water partition coefficient (Wildman–Crippen LogP) is -4.03. The number of rotatable bonds is 33. The molecule has 20 N–H and O–H groups in total. The van der Waals surface area contributed by atoms with E-state index in [1.807, 2.05) is 27.7 Å². The topological polar surface area (TPSA) is 465 Å². The second-order valence-corrected chi connectivity index (χ2v) is 19.9. The van der Waals surface area contributed by atoms with Crippen molar-refractivity contribution in [2.45, 2.75) is 142 Å². The molecule has 1 aromatic carbocycles. The number of benzene rings is 1. The predicted molar refractivity (Wildman–Crippen MR) is 284 cm³/mol. The highest BCUT2D eigenvalue weighted by molar-refractivity contribution is 5.98. The minimum atomic E-state index is -1.34. The van der Waals surface area contributed by atoms with Crippen molar-refractivity contribution in [1.82, 2.24) is 47.4 Å². The molecule has 1 aliphatic heterocycles. The summed E-state index contributed by atoms with van der Waals surface area (Å²) in [6.45, 7) is 9.32. The molecule has 77 heavy (non-hydrogen) atoms. The maximum Gasteiger partial charge on any atom is 0.322 e. The second-order valence-electron chi connectivity index (χ2n) is 19.9. The standard InChI is InChI=1S/C49H82N16O12/c1-26(2)20-33(61-44(74)34(22-29-13-15-30(66)16-14-29)62-46(76)40(28(5)6)64-38(68)24-57-37(67)23-50)43(73)63-35(21-27(3)4)47(77)65-19-9-12-36(65)45(75)60-32(11-8-18-56-49(53)54)42(72)59-31(10-7-17-55-48(51)52)41(71)58-25-39(69)70/h13-16,26-28,31-36,40,66H,7-12,17-25,50H2,1-6H3,(H,57,67)(H,58,71)(H,59,72)(H,60,75)(H,61,74)(H,62,76)(H,63,73)(H,64,68)(H,69,70)(H4,51,52,55)(H4,53,54,56)/t31-,32-,33-,34-,35-,36-,40-/m0/s1. The number of amides is 9.